The van der Waals surface area contributed by atoms with E-state index in [1.165, 1.54) is 17.7 Å². The van der Waals surface area contributed by atoms with Crippen LogP contribution in [0.25, 0.3) is 0 Å². The van der Waals surface area contributed by atoms with Gasteiger partial charge in [0.25, 0.3) is 0 Å². The number of benzene rings is 1. The molecule has 0 amide bonds. The quantitative estimate of drug-likeness (QED) is 0.442. The number of guanidine groups is 1. The van der Waals surface area contributed by atoms with Crippen molar-refractivity contribution in [3.05, 3.63) is 52.2 Å². The molecule has 2 aromatic rings. The number of hydrogen-bond acceptors (Lipinski definition) is 5. The van der Waals surface area contributed by atoms with E-state index in [0.717, 1.165) is 36.9 Å². The number of thiophene rings is 1. The molecule has 30 heavy (non-hydrogen) atoms. The highest BCUT2D eigenvalue weighted by molar-refractivity contribution is 7.10. The third kappa shape index (κ3) is 5.97. The van der Waals surface area contributed by atoms with E-state index in [4.69, 9.17) is 4.74 Å². The van der Waals surface area contributed by atoms with Crippen LogP contribution in [0.3, 0.4) is 0 Å². The highest BCUT2D eigenvalue weighted by atomic mass is 32.1. The van der Waals surface area contributed by atoms with Gasteiger partial charge in [0.2, 0.25) is 0 Å². The number of nitrogens with zero attached hydrogens (tertiary/aromatic N) is 2. The van der Waals surface area contributed by atoms with Gasteiger partial charge in [-0.2, -0.15) is 0 Å². The fourth-order valence-electron chi connectivity index (χ4n) is 4.06. The lowest BCUT2D eigenvalue weighted by Gasteiger charge is -2.39. The van der Waals surface area contributed by atoms with E-state index in [1.807, 2.05) is 35.6 Å². The number of aliphatic hydroxyl groups is 1. The van der Waals surface area contributed by atoms with Crippen LogP contribution in [-0.4, -0.2) is 56.3 Å². The third-order valence-corrected chi connectivity index (χ3v) is 6.58. The first-order valence-electron chi connectivity index (χ1n) is 10.7. The number of nitrogens with one attached hydrogen (secondary N) is 2. The average molecular weight is 431 g/mol. The summed E-state index contributed by atoms with van der Waals surface area (Å²) in [6, 6.07) is 12.3. The number of aliphatic imine (C=N–C) groups is 1. The summed E-state index contributed by atoms with van der Waals surface area (Å²) in [4.78, 5) is 8.53. The van der Waals surface area contributed by atoms with Crippen LogP contribution >= 0.6 is 11.3 Å². The van der Waals surface area contributed by atoms with Crippen molar-refractivity contribution in [2.24, 2.45) is 10.9 Å². The van der Waals surface area contributed by atoms with Crippen molar-refractivity contribution in [3.63, 3.8) is 0 Å². The first-order chi connectivity index (χ1) is 14.6. The molecule has 164 valence electrons. The minimum Gasteiger partial charge on any atom is -0.497 e. The second-order valence-electron chi connectivity index (χ2n) is 7.73. The maximum Gasteiger partial charge on any atom is 0.191 e. The fraction of sp³-hybridized carbons (Fsp3) is 0.522. The third-order valence-electron chi connectivity index (χ3n) is 5.64. The van der Waals surface area contributed by atoms with E-state index in [0.29, 0.717) is 18.5 Å². The summed E-state index contributed by atoms with van der Waals surface area (Å²) in [5.74, 6) is 2.06. The molecule has 1 aromatic carbocycles. The van der Waals surface area contributed by atoms with Gasteiger partial charge in [-0.3, -0.25) is 9.89 Å². The maximum atomic E-state index is 10.5. The molecule has 1 aromatic heterocycles. The number of rotatable bonds is 8. The second kappa shape index (κ2) is 11.3. The Morgan fingerprint density at radius 1 is 1.30 bits per heavy atom. The van der Waals surface area contributed by atoms with Gasteiger partial charge in [-0.25, -0.2) is 0 Å². The van der Waals surface area contributed by atoms with Crippen molar-refractivity contribution in [1.29, 1.82) is 0 Å². The lowest BCUT2D eigenvalue weighted by atomic mass is 9.88. The van der Waals surface area contributed by atoms with Crippen molar-refractivity contribution in [1.82, 2.24) is 15.5 Å². The smallest absolute Gasteiger partial charge is 0.191 e. The Kier molecular flexibility index (Phi) is 8.54. The molecule has 0 saturated carbocycles. The van der Waals surface area contributed by atoms with Crippen molar-refractivity contribution in [2.75, 3.05) is 40.3 Å². The Hall–Kier alpha value is -2.09. The standard InChI is InChI=1S/C23H34N4O2S/c1-4-24-23(26-16-20(28)17-9-11-19(29-3)12-10-17)25-15-18-7-5-13-27(2)22(18)21-8-6-14-30-21/h6,8-12,14,18,20,22,28H,4-5,7,13,15-16H2,1-3H3,(H2,24,25,26). The summed E-state index contributed by atoms with van der Waals surface area (Å²) >= 11 is 1.84. The number of likely N-dealkylation sites (tertiary alicyclic amines) is 1. The van der Waals surface area contributed by atoms with E-state index in [2.05, 4.69) is 52.0 Å². The molecular formula is C23H34N4O2S. The van der Waals surface area contributed by atoms with Gasteiger partial charge < -0.3 is 20.5 Å². The molecular weight excluding hydrogens is 396 g/mol. The van der Waals surface area contributed by atoms with Gasteiger partial charge in [-0.05, 0) is 68.4 Å². The number of aliphatic hydroxyl groups excluding tert-OH is 1. The molecule has 2 heterocycles. The molecule has 1 saturated heterocycles. The lowest BCUT2D eigenvalue weighted by molar-refractivity contribution is 0.125. The Morgan fingerprint density at radius 2 is 2.10 bits per heavy atom. The van der Waals surface area contributed by atoms with Gasteiger partial charge in [0, 0.05) is 24.0 Å². The largest absolute Gasteiger partial charge is 0.497 e. The molecule has 3 unspecified atom stereocenters. The Morgan fingerprint density at radius 3 is 2.77 bits per heavy atom. The van der Waals surface area contributed by atoms with Crippen molar-refractivity contribution in [2.45, 2.75) is 31.9 Å². The fourth-order valence-corrected chi connectivity index (χ4v) is 5.04. The van der Waals surface area contributed by atoms with Gasteiger partial charge >= 0.3 is 0 Å². The summed E-state index contributed by atoms with van der Waals surface area (Å²) in [5, 5.41) is 19.5. The van der Waals surface area contributed by atoms with Gasteiger partial charge in [0.1, 0.15) is 5.75 Å². The molecule has 3 N–H and O–H groups in total. The summed E-state index contributed by atoms with van der Waals surface area (Å²) in [6.45, 7) is 5.14. The van der Waals surface area contributed by atoms with Crippen LogP contribution in [0.4, 0.5) is 0 Å². The molecule has 1 aliphatic rings. The predicted octanol–water partition coefficient (Wildman–Crippen LogP) is 3.43. The molecule has 6 nitrogen and oxygen atoms in total. The molecule has 1 aliphatic heterocycles. The van der Waals surface area contributed by atoms with Crippen molar-refractivity contribution >= 4 is 17.3 Å². The van der Waals surface area contributed by atoms with E-state index in [9.17, 15) is 5.11 Å². The van der Waals surface area contributed by atoms with E-state index in [1.54, 1.807) is 7.11 Å². The predicted molar refractivity (Wildman–Crippen MR) is 124 cm³/mol. The van der Waals surface area contributed by atoms with Crippen LogP contribution < -0.4 is 15.4 Å². The first kappa shape index (κ1) is 22.6. The van der Waals surface area contributed by atoms with Gasteiger partial charge in [0.15, 0.2) is 5.96 Å². The highest BCUT2D eigenvalue weighted by Crippen LogP contribution is 2.36. The Bertz CT molecular complexity index is 779. The monoisotopic (exact) mass is 430 g/mol. The molecule has 7 heteroatoms. The molecule has 0 aliphatic carbocycles. The van der Waals surface area contributed by atoms with Crippen LogP contribution in [0.15, 0.2) is 46.8 Å². The molecule has 0 radical (unpaired) electrons. The van der Waals surface area contributed by atoms with Crippen LogP contribution in [-0.2, 0) is 0 Å². The van der Waals surface area contributed by atoms with Gasteiger partial charge in [-0.15, -0.1) is 11.3 Å². The number of methoxy groups -OCH3 is 1. The lowest BCUT2D eigenvalue weighted by Crippen LogP contribution is -2.45. The average Bonchev–Trinajstić information content (AvgIpc) is 3.30. The van der Waals surface area contributed by atoms with E-state index in [-0.39, 0.29) is 0 Å². The summed E-state index contributed by atoms with van der Waals surface area (Å²) < 4.78 is 5.18. The first-order valence-corrected chi connectivity index (χ1v) is 11.6. The number of ether oxygens (including phenoxy) is 1. The van der Waals surface area contributed by atoms with Crippen LogP contribution in [0.1, 0.15) is 42.4 Å². The molecule has 1 fully saturated rings. The van der Waals surface area contributed by atoms with Crippen molar-refractivity contribution in [3.8, 4) is 5.75 Å². The van der Waals surface area contributed by atoms with E-state index >= 15 is 0 Å². The van der Waals surface area contributed by atoms with Crippen LogP contribution in [0.5, 0.6) is 5.75 Å². The second-order valence-corrected chi connectivity index (χ2v) is 8.71. The SMILES string of the molecule is CCNC(=NCC(O)c1ccc(OC)cc1)NCC1CCCN(C)C1c1cccs1. The van der Waals surface area contributed by atoms with Gasteiger partial charge in [0.05, 0.1) is 19.8 Å². The minimum absolute atomic E-state index is 0.306. The zero-order valence-electron chi connectivity index (χ0n) is 18.2. The van der Waals surface area contributed by atoms with Gasteiger partial charge in [-0.1, -0.05) is 18.2 Å². The Labute approximate surface area is 184 Å². The number of piperidine rings is 1. The van der Waals surface area contributed by atoms with Crippen LogP contribution in [0.2, 0.25) is 0 Å². The molecule has 0 bridgehead atoms. The number of hydrogen-bond donors (Lipinski definition) is 3. The Balaban J connectivity index is 1.61. The van der Waals surface area contributed by atoms with Crippen LogP contribution in [0, 0.1) is 5.92 Å². The summed E-state index contributed by atoms with van der Waals surface area (Å²) in [6.07, 6.45) is 1.77. The normalized spacial score (nSPS) is 21.3. The maximum absolute atomic E-state index is 10.5. The summed E-state index contributed by atoms with van der Waals surface area (Å²) in [5.41, 5.74) is 0.835. The van der Waals surface area contributed by atoms with Crippen molar-refractivity contribution < 1.29 is 9.84 Å². The minimum atomic E-state index is -0.647. The zero-order chi connectivity index (χ0) is 21.3. The molecule has 0 spiro atoms. The highest BCUT2D eigenvalue weighted by Gasteiger charge is 2.31. The van der Waals surface area contributed by atoms with E-state index < -0.39 is 6.10 Å². The molecule has 3 rings (SSSR count). The summed E-state index contributed by atoms with van der Waals surface area (Å²) in [7, 11) is 3.86. The zero-order valence-corrected chi connectivity index (χ0v) is 19.0. The topological polar surface area (TPSA) is 69.1 Å². The molecule has 3 atom stereocenters.